The van der Waals surface area contributed by atoms with Gasteiger partial charge in [0.2, 0.25) is 0 Å². The van der Waals surface area contributed by atoms with Gasteiger partial charge < -0.3 is 19.3 Å². The maximum absolute atomic E-state index is 9.00. The number of ether oxygens (including phenoxy) is 3. The van der Waals surface area contributed by atoms with Gasteiger partial charge >= 0.3 is 0 Å². The zero-order valence-electron chi connectivity index (χ0n) is 10.7. The molecule has 2 atom stereocenters. The van der Waals surface area contributed by atoms with Gasteiger partial charge in [-0.05, 0) is 19.3 Å². The van der Waals surface area contributed by atoms with Crippen LogP contribution in [0, 0.1) is 5.41 Å². The van der Waals surface area contributed by atoms with Gasteiger partial charge in [-0.25, -0.2) is 0 Å². The molecule has 0 bridgehead atoms. The molecule has 0 aromatic carbocycles. The third kappa shape index (κ3) is 1.65. The minimum atomic E-state index is -0.395. The quantitative estimate of drug-likeness (QED) is 0.745. The van der Waals surface area contributed by atoms with Gasteiger partial charge in [0, 0.05) is 18.4 Å². The second kappa shape index (κ2) is 3.67. The summed E-state index contributed by atoms with van der Waals surface area (Å²) in [6.07, 6.45) is 3.85. The van der Waals surface area contributed by atoms with Crippen molar-refractivity contribution < 1.29 is 19.3 Å². The van der Waals surface area contributed by atoms with Gasteiger partial charge in [0.25, 0.3) is 0 Å². The van der Waals surface area contributed by atoms with E-state index >= 15 is 0 Å². The predicted octanol–water partition coefficient (Wildman–Crippen LogP) is 1.46. The Morgan fingerprint density at radius 1 is 1.18 bits per heavy atom. The Balaban J connectivity index is 1.74. The highest BCUT2D eigenvalue weighted by molar-refractivity contribution is 5.12. The molecule has 1 N–H and O–H groups in total. The Kier molecular flexibility index (Phi) is 2.57. The van der Waals surface area contributed by atoms with Gasteiger partial charge in [0.05, 0.1) is 24.9 Å². The molecule has 0 radical (unpaired) electrons. The molecule has 2 saturated heterocycles. The highest BCUT2D eigenvalue weighted by Crippen LogP contribution is 2.60. The minimum absolute atomic E-state index is 0.00715. The van der Waals surface area contributed by atoms with Gasteiger partial charge in [-0.3, -0.25) is 0 Å². The lowest BCUT2D eigenvalue weighted by Crippen LogP contribution is -2.52. The maximum Gasteiger partial charge on any atom is 0.173 e. The largest absolute Gasteiger partial charge is 0.396 e. The summed E-state index contributed by atoms with van der Waals surface area (Å²) in [4.78, 5) is 0. The Hall–Kier alpha value is -0.160. The fraction of sp³-hybridized carbons (Fsp3) is 1.00. The Bertz CT molecular complexity index is 309. The monoisotopic (exact) mass is 242 g/mol. The number of aliphatic hydroxyl groups is 1. The fourth-order valence-electron chi connectivity index (χ4n) is 3.74. The molecule has 4 heteroatoms. The standard InChI is InChI=1S/C13H22O4/c1-11(2)9-12(10(17-12)3-6-14)4-5-13(11)15-7-8-16-13/h10,14H,3-9H2,1-2H3. The molecular formula is C13H22O4. The van der Waals surface area contributed by atoms with Crippen LogP contribution >= 0.6 is 0 Å². The summed E-state index contributed by atoms with van der Waals surface area (Å²) >= 11 is 0. The summed E-state index contributed by atoms with van der Waals surface area (Å²) in [5.74, 6) is -0.395. The molecule has 3 fully saturated rings. The third-order valence-electron chi connectivity index (χ3n) is 4.70. The lowest BCUT2D eigenvalue weighted by Gasteiger charge is -2.47. The van der Waals surface area contributed by atoms with Crippen LogP contribution in [-0.4, -0.2) is 42.4 Å². The van der Waals surface area contributed by atoms with E-state index in [0.717, 1.165) is 25.7 Å². The van der Waals surface area contributed by atoms with Crippen LogP contribution in [0.25, 0.3) is 0 Å². The molecule has 1 aliphatic carbocycles. The Morgan fingerprint density at radius 3 is 2.47 bits per heavy atom. The predicted molar refractivity (Wildman–Crippen MR) is 61.6 cm³/mol. The van der Waals surface area contributed by atoms with E-state index in [4.69, 9.17) is 19.3 Å². The first-order chi connectivity index (χ1) is 8.04. The molecule has 4 nitrogen and oxygen atoms in total. The van der Waals surface area contributed by atoms with Crippen LogP contribution in [0.5, 0.6) is 0 Å². The number of hydrogen-bond donors (Lipinski definition) is 1. The van der Waals surface area contributed by atoms with E-state index in [1.807, 2.05) is 0 Å². The molecule has 2 spiro atoms. The zero-order chi connectivity index (χ0) is 12.1. The van der Waals surface area contributed by atoms with Crippen LogP contribution in [-0.2, 0) is 14.2 Å². The summed E-state index contributed by atoms with van der Waals surface area (Å²) in [5.41, 5.74) is -0.0290. The van der Waals surface area contributed by atoms with Crippen molar-refractivity contribution in [2.75, 3.05) is 19.8 Å². The molecule has 98 valence electrons. The first-order valence-electron chi connectivity index (χ1n) is 6.60. The van der Waals surface area contributed by atoms with Gasteiger partial charge in [-0.1, -0.05) is 13.8 Å². The SMILES string of the molecule is CC1(C)CC2(CCC13OCCO3)OC2CCO. The number of aliphatic hydroxyl groups excluding tert-OH is 1. The summed E-state index contributed by atoms with van der Waals surface area (Å²) in [7, 11) is 0. The first kappa shape index (κ1) is 11.9. The lowest BCUT2D eigenvalue weighted by molar-refractivity contribution is -0.253. The van der Waals surface area contributed by atoms with Gasteiger partial charge in [0.1, 0.15) is 0 Å². The molecular weight excluding hydrogens is 220 g/mol. The van der Waals surface area contributed by atoms with Crippen molar-refractivity contribution in [3.8, 4) is 0 Å². The molecule has 0 aromatic rings. The fourth-order valence-corrected chi connectivity index (χ4v) is 3.74. The molecule has 1 saturated carbocycles. The molecule has 2 aliphatic heterocycles. The summed E-state index contributed by atoms with van der Waals surface area (Å²) in [6.45, 7) is 6.04. The molecule has 0 amide bonds. The number of epoxide rings is 1. The van der Waals surface area contributed by atoms with Crippen LogP contribution in [0.15, 0.2) is 0 Å². The lowest BCUT2D eigenvalue weighted by atomic mass is 9.66. The van der Waals surface area contributed by atoms with E-state index in [1.54, 1.807) is 0 Å². The van der Waals surface area contributed by atoms with Crippen molar-refractivity contribution >= 4 is 0 Å². The van der Waals surface area contributed by atoms with Gasteiger partial charge in [-0.2, -0.15) is 0 Å². The van der Waals surface area contributed by atoms with Crippen LogP contribution in [0.4, 0.5) is 0 Å². The molecule has 2 unspecified atom stereocenters. The van der Waals surface area contributed by atoms with Crippen LogP contribution < -0.4 is 0 Å². The highest BCUT2D eigenvalue weighted by atomic mass is 16.7. The van der Waals surface area contributed by atoms with E-state index in [0.29, 0.717) is 13.2 Å². The number of rotatable bonds is 2. The van der Waals surface area contributed by atoms with Crippen molar-refractivity contribution in [3.05, 3.63) is 0 Å². The van der Waals surface area contributed by atoms with Crippen molar-refractivity contribution in [1.82, 2.24) is 0 Å². The summed E-state index contributed by atoms with van der Waals surface area (Å²) < 4.78 is 17.6. The molecule has 3 rings (SSSR count). The van der Waals surface area contributed by atoms with E-state index in [9.17, 15) is 0 Å². The maximum atomic E-state index is 9.00. The normalized spacial score (nSPS) is 42.2. The molecule has 2 heterocycles. The second-order valence-electron chi connectivity index (χ2n) is 6.19. The average Bonchev–Trinajstić information content (AvgIpc) is 2.75. The Morgan fingerprint density at radius 2 is 1.88 bits per heavy atom. The number of hydrogen-bond acceptors (Lipinski definition) is 4. The van der Waals surface area contributed by atoms with Crippen LogP contribution in [0.2, 0.25) is 0 Å². The minimum Gasteiger partial charge on any atom is -0.396 e. The smallest absolute Gasteiger partial charge is 0.173 e. The van der Waals surface area contributed by atoms with E-state index in [1.165, 1.54) is 0 Å². The summed E-state index contributed by atoms with van der Waals surface area (Å²) in [5, 5.41) is 9.00. The van der Waals surface area contributed by atoms with Gasteiger partial charge in [0.15, 0.2) is 5.79 Å². The Labute approximate surface area is 102 Å². The topological polar surface area (TPSA) is 51.2 Å². The third-order valence-corrected chi connectivity index (χ3v) is 4.70. The van der Waals surface area contributed by atoms with Crippen molar-refractivity contribution in [1.29, 1.82) is 0 Å². The van der Waals surface area contributed by atoms with E-state index in [-0.39, 0.29) is 23.7 Å². The molecule has 17 heavy (non-hydrogen) atoms. The highest BCUT2D eigenvalue weighted by Gasteiger charge is 2.66. The average molecular weight is 242 g/mol. The molecule has 3 aliphatic rings. The van der Waals surface area contributed by atoms with Crippen LogP contribution in [0.1, 0.15) is 39.5 Å². The van der Waals surface area contributed by atoms with Crippen LogP contribution in [0.3, 0.4) is 0 Å². The summed E-state index contributed by atoms with van der Waals surface area (Å²) in [6, 6.07) is 0. The van der Waals surface area contributed by atoms with Crippen molar-refractivity contribution in [2.24, 2.45) is 5.41 Å². The van der Waals surface area contributed by atoms with Crippen molar-refractivity contribution in [3.63, 3.8) is 0 Å². The second-order valence-corrected chi connectivity index (χ2v) is 6.19. The van der Waals surface area contributed by atoms with Gasteiger partial charge in [-0.15, -0.1) is 0 Å². The molecule has 0 aromatic heterocycles. The zero-order valence-corrected chi connectivity index (χ0v) is 10.7. The van der Waals surface area contributed by atoms with Crippen molar-refractivity contribution in [2.45, 2.75) is 57.0 Å². The van der Waals surface area contributed by atoms with E-state index < -0.39 is 5.79 Å². The van der Waals surface area contributed by atoms with E-state index in [2.05, 4.69) is 13.8 Å². The first-order valence-corrected chi connectivity index (χ1v) is 6.60.